The molecule has 0 radical (unpaired) electrons. The van der Waals surface area contributed by atoms with Gasteiger partial charge in [0.1, 0.15) is 6.33 Å². The van der Waals surface area contributed by atoms with Crippen molar-refractivity contribution in [1.29, 1.82) is 0 Å². The monoisotopic (exact) mass is 218 g/mol. The van der Waals surface area contributed by atoms with E-state index in [2.05, 4.69) is 10.1 Å². The molecule has 0 unspecified atom stereocenters. The van der Waals surface area contributed by atoms with Crippen molar-refractivity contribution in [2.24, 2.45) is 0 Å². The van der Waals surface area contributed by atoms with Crippen LogP contribution in [0, 0.1) is 0 Å². The van der Waals surface area contributed by atoms with Crippen molar-refractivity contribution in [2.45, 2.75) is 6.54 Å². The van der Waals surface area contributed by atoms with Crippen LogP contribution in [0.3, 0.4) is 0 Å². The highest BCUT2D eigenvalue weighted by molar-refractivity contribution is 5.57. The SMILES string of the molecule is COCCn1cnc(-c2ccc(N)cc2)n1. The molecule has 0 atom stereocenters. The first-order valence-corrected chi connectivity index (χ1v) is 5.04. The molecule has 2 aromatic rings. The highest BCUT2D eigenvalue weighted by Gasteiger charge is 2.03. The first-order chi connectivity index (χ1) is 7.79. The van der Waals surface area contributed by atoms with Gasteiger partial charge in [-0.05, 0) is 24.3 Å². The Labute approximate surface area is 93.9 Å². The van der Waals surface area contributed by atoms with Crippen molar-refractivity contribution in [3.8, 4) is 11.4 Å². The second-order valence-corrected chi connectivity index (χ2v) is 3.45. The molecule has 2 N–H and O–H groups in total. The van der Waals surface area contributed by atoms with Crippen LogP contribution in [0.25, 0.3) is 11.4 Å². The number of anilines is 1. The van der Waals surface area contributed by atoms with E-state index in [1.54, 1.807) is 18.1 Å². The molecule has 1 aromatic carbocycles. The van der Waals surface area contributed by atoms with Crippen molar-refractivity contribution < 1.29 is 4.74 Å². The summed E-state index contributed by atoms with van der Waals surface area (Å²) in [5, 5.41) is 4.33. The van der Waals surface area contributed by atoms with Crippen LogP contribution in [0.2, 0.25) is 0 Å². The van der Waals surface area contributed by atoms with Crippen LogP contribution in [-0.4, -0.2) is 28.5 Å². The van der Waals surface area contributed by atoms with E-state index in [1.807, 2.05) is 24.3 Å². The number of benzene rings is 1. The molecule has 0 fully saturated rings. The molecule has 5 heteroatoms. The minimum Gasteiger partial charge on any atom is -0.399 e. The third-order valence-corrected chi connectivity index (χ3v) is 2.23. The minimum atomic E-state index is 0.630. The van der Waals surface area contributed by atoms with E-state index in [4.69, 9.17) is 10.5 Å². The first kappa shape index (κ1) is 10.6. The summed E-state index contributed by atoms with van der Waals surface area (Å²) < 4.78 is 6.73. The highest BCUT2D eigenvalue weighted by atomic mass is 16.5. The Hall–Kier alpha value is -1.88. The molecule has 1 aromatic heterocycles. The van der Waals surface area contributed by atoms with E-state index in [-0.39, 0.29) is 0 Å². The van der Waals surface area contributed by atoms with Crippen LogP contribution in [0.5, 0.6) is 0 Å². The van der Waals surface area contributed by atoms with Crippen LogP contribution in [0.15, 0.2) is 30.6 Å². The fraction of sp³-hybridized carbons (Fsp3) is 0.273. The van der Waals surface area contributed by atoms with E-state index < -0.39 is 0 Å². The van der Waals surface area contributed by atoms with Gasteiger partial charge >= 0.3 is 0 Å². The molecular formula is C11H14N4O. The summed E-state index contributed by atoms with van der Waals surface area (Å²) in [4.78, 5) is 4.22. The number of ether oxygens (including phenoxy) is 1. The lowest BCUT2D eigenvalue weighted by Gasteiger charge is -1.98. The van der Waals surface area contributed by atoms with Crippen molar-refractivity contribution in [2.75, 3.05) is 19.5 Å². The van der Waals surface area contributed by atoms with Gasteiger partial charge in [-0.2, -0.15) is 5.10 Å². The average Bonchev–Trinajstić information content (AvgIpc) is 2.76. The van der Waals surface area contributed by atoms with Gasteiger partial charge in [-0.3, -0.25) is 4.68 Å². The number of hydrogen-bond acceptors (Lipinski definition) is 4. The quantitative estimate of drug-likeness (QED) is 0.782. The summed E-state index contributed by atoms with van der Waals surface area (Å²) in [6, 6.07) is 7.49. The Morgan fingerprint density at radius 3 is 2.75 bits per heavy atom. The van der Waals surface area contributed by atoms with Crippen molar-refractivity contribution in [3.63, 3.8) is 0 Å². The molecule has 16 heavy (non-hydrogen) atoms. The third kappa shape index (κ3) is 2.38. The molecule has 5 nitrogen and oxygen atoms in total. The van der Waals surface area contributed by atoms with Gasteiger partial charge in [0.15, 0.2) is 5.82 Å². The molecule has 0 saturated heterocycles. The fourth-order valence-corrected chi connectivity index (χ4v) is 1.35. The van der Waals surface area contributed by atoms with E-state index in [9.17, 15) is 0 Å². The second-order valence-electron chi connectivity index (χ2n) is 3.45. The van der Waals surface area contributed by atoms with Gasteiger partial charge in [-0.1, -0.05) is 0 Å². The molecule has 0 amide bonds. The van der Waals surface area contributed by atoms with Gasteiger partial charge in [0.2, 0.25) is 0 Å². The number of methoxy groups -OCH3 is 1. The molecule has 0 bridgehead atoms. The molecule has 0 aliphatic heterocycles. The minimum absolute atomic E-state index is 0.630. The predicted molar refractivity (Wildman–Crippen MR) is 61.7 cm³/mol. The summed E-state index contributed by atoms with van der Waals surface area (Å²) in [7, 11) is 1.66. The number of aromatic nitrogens is 3. The van der Waals surface area contributed by atoms with Gasteiger partial charge in [-0.25, -0.2) is 4.98 Å². The molecule has 0 aliphatic rings. The van der Waals surface area contributed by atoms with E-state index in [0.29, 0.717) is 19.0 Å². The predicted octanol–water partition coefficient (Wildman–Crippen LogP) is 1.17. The zero-order chi connectivity index (χ0) is 11.4. The maximum absolute atomic E-state index is 5.61. The maximum atomic E-state index is 5.61. The number of nitrogens with two attached hydrogens (primary N) is 1. The lowest BCUT2D eigenvalue weighted by Crippen LogP contribution is -2.04. The summed E-state index contributed by atoms with van der Waals surface area (Å²) in [6.45, 7) is 1.34. The number of nitrogen functional groups attached to an aromatic ring is 1. The van der Waals surface area contributed by atoms with Crippen LogP contribution in [-0.2, 0) is 11.3 Å². The zero-order valence-electron chi connectivity index (χ0n) is 9.13. The molecular weight excluding hydrogens is 204 g/mol. The number of hydrogen-bond donors (Lipinski definition) is 1. The summed E-state index contributed by atoms with van der Waals surface area (Å²) in [6.07, 6.45) is 1.70. The van der Waals surface area contributed by atoms with E-state index in [0.717, 1.165) is 11.3 Å². The van der Waals surface area contributed by atoms with Gasteiger partial charge in [0, 0.05) is 18.4 Å². The average molecular weight is 218 g/mol. The topological polar surface area (TPSA) is 66.0 Å². The standard InChI is InChI=1S/C11H14N4O/c1-16-7-6-15-8-13-11(14-15)9-2-4-10(12)5-3-9/h2-5,8H,6-7,12H2,1H3. The Balaban J connectivity index is 2.15. The van der Waals surface area contributed by atoms with Crippen molar-refractivity contribution in [3.05, 3.63) is 30.6 Å². The largest absolute Gasteiger partial charge is 0.399 e. The smallest absolute Gasteiger partial charge is 0.181 e. The molecule has 0 saturated carbocycles. The van der Waals surface area contributed by atoms with Crippen LogP contribution < -0.4 is 5.73 Å². The second kappa shape index (κ2) is 4.76. The normalized spacial score (nSPS) is 10.6. The van der Waals surface area contributed by atoms with E-state index in [1.165, 1.54) is 0 Å². The fourth-order valence-electron chi connectivity index (χ4n) is 1.35. The highest BCUT2D eigenvalue weighted by Crippen LogP contribution is 2.15. The van der Waals surface area contributed by atoms with Crippen LogP contribution in [0.4, 0.5) is 5.69 Å². The molecule has 0 aliphatic carbocycles. The van der Waals surface area contributed by atoms with Gasteiger partial charge < -0.3 is 10.5 Å². The molecule has 84 valence electrons. The lowest BCUT2D eigenvalue weighted by molar-refractivity contribution is 0.183. The Kier molecular flexibility index (Phi) is 3.16. The van der Waals surface area contributed by atoms with Crippen LogP contribution in [0.1, 0.15) is 0 Å². The molecule has 0 spiro atoms. The first-order valence-electron chi connectivity index (χ1n) is 5.04. The number of nitrogens with zero attached hydrogens (tertiary/aromatic N) is 3. The Bertz CT molecular complexity index is 449. The Morgan fingerprint density at radius 2 is 2.06 bits per heavy atom. The Morgan fingerprint density at radius 1 is 1.31 bits per heavy atom. The van der Waals surface area contributed by atoms with Crippen molar-refractivity contribution >= 4 is 5.69 Å². The van der Waals surface area contributed by atoms with Gasteiger partial charge in [-0.15, -0.1) is 0 Å². The van der Waals surface area contributed by atoms with Gasteiger partial charge in [0.05, 0.1) is 13.2 Å². The summed E-state index contributed by atoms with van der Waals surface area (Å²) in [5.74, 6) is 0.705. The summed E-state index contributed by atoms with van der Waals surface area (Å²) in [5.41, 5.74) is 7.31. The van der Waals surface area contributed by atoms with Gasteiger partial charge in [0.25, 0.3) is 0 Å². The van der Waals surface area contributed by atoms with Crippen LogP contribution >= 0.6 is 0 Å². The van der Waals surface area contributed by atoms with Crippen molar-refractivity contribution in [1.82, 2.24) is 14.8 Å². The number of rotatable bonds is 4. The zero-order valence-corrected chi connectivity index (χ0v) is 9.13. The molecule has 1 heterocycles. The lowest BCUT2D eigenvalue weighted by atomic mass is 10.2. The summed E-state index contributed by atoms with van der Waals surface area (Å²) >= 11 is 0. The third-order valence-electron chi connectivity index (χ3n) is 2.23. The molecule has 2 rings (SSSR count). The maximum Gasteiger partial charge on any atom is 0.181 e. The van der Waals surface area contributed by atoms with E-state index >= 15 is 0 Å².